The highest BCUT2D eigenvalue weighted by Crippen LogP contribution is 2.18. The lowest BCUT2D eigenvalue weighted by molar-refractivity contribution is 0.0643. The molecule has 1 aromatic carbocycles. The first kappa shape index (κ1) is 17.5. The minimum Gasteiger partial charge on any atom is -0.381 e. The van der Waals surface area contributed by atoms with Crippen molar-refractivity contribution in [3.05, 3.63) is 59.9 Å². The molecular weight excluding hydrogens is 338 g/mol. The van der Waals surface area contributed by atoms with E-state index in [1.165, 1.54) is 5.56 Å². The topological polar surface area (TPSA) is 64.3 Å². The van der Waals surface area contributed by atoms with Gasteiger partial charge in [-0.1, -0.05) is 6.92 Å². The molecule has 6 nitrogen and oxygen atoms in total. The third-order valence-corrected chi connectivity index (χ3v) is 5.27. The summed E-state index contributed by atoms with van der Waals surface area (Å²) in [6.45, 7) is 7.46. The van der Waals surface area contributed by atoms with E-state index in [9.17, 15) is 4.79 Å². The Labute approximate surface area is 159 Å². The number of piperazine rings is 1. The van der Waals surface area contributed by atoms with Crippen molar-refractivity contribution in [3.63, 3.8) is 0 Å². The number of H-pyrrole nitrogens is 1. The lowest BCUT2D eigenvalue weighted by atomic mass is 10.1. The minimum absolute atomic E-state index is 0.125. The van der Waals surface area contributed by atoms with Crippen LogP contribution in [0, 0.1) is 0 Å². The van der Waals surface area contributed by atoms with E-state index in [-0.39, 0.29) is 5.91 Å². The van der Waals surface area contributed by atoms with Gasteiger partial charge < -0.3 is 20.1 Å². The Morgan fingerprint density at radius 1 is 1.11 bits per heavy atom. The van der Waals surface area contributed by atoms with E-state index in [0.717, 1.165) is 55.0 Å². The average molecular weight is 363 g/mol. The molecule has 0 radical (unpaired) electrons. The van der Waals surface area contributed by atoms with Crippen molar-refractivity contribution in [1.82, 2.24) is 19.8 Å². The Morgan fingerprint density at radius 3 is 2.63 bits per heavy atom. The van der Waals surface area contributed by atoms with Crippen LogP contribution >= 0.6 is 0 Å². The van der Waals surface area contributed by atoms with Crippen LogP contribution in [-0.2, 0) is 6.54 Å². The summed E-state index contributed by atoms with van der Waals surface area (Å²) in [5, 5.41) is 4.56. The van der Waals surface area contributed by atoms with Crippen LogP contribution in [-0.4, -0.2) is 58.4 Å². The van der Waals surface area contributed by atoms with Gasteiger partial charge in [0.2, 0.25) is 0 Å². The number of anilines is 1. The molecule has 6 heteroatoms. The third kappa shape index (κ3) is 3.80. The molecule has 1 aliphatic rings. The van der Waals surface area contributed by atoms with Crippen LogP contribution in [0.15, 0.2) is 48.8 Å². The zero-order valence-corrected chi connectivity index (χ0v) is 15.6. The molecule has 3 heterocycles. The summed E-state index contributed by atoms with van der Waals surface area (Å²) in [6.07, 6.45) is 3.72. The SMILES string of the molecule is CCN1CCN(C(=O)c2ccc(NCc3ccnc4[nH]ccc34)cc2)CC1. The molecule has 1 fully saturated rings. The van der Waals surface area contributed by atoms with Gasteiger partial charge in [0.05, 0.1) is 0 Å². The quantitative estimate of drug-likeness (QED) is 0.732. The van der Waals surface area contributed by atoms with Crippen molar-refractivity contribution in [3.8, 4) is 0 Å². The summed E-state index contributed by atoms with van der Waals surface area (Å²) in [5.41, 5.74) is 3.85. The Bertz CT molecular complexity index is 910. The van der Waals surface area contributed by atoms with Gasteiger partial charge in [-0.25, -0.2) is 4.98 Å². The van der Waals surface area contributed by atoms with Gasteiger partial charge in [0.15, 0.2) is 0 Å². The highest BCUT2D eigenvalue weighted by molar-refractivity contribution is 5.94. The second kappa shape index (κ2) is 7.80. The van der Waals surface area contributed by atoms with E-state index in [1.807, 2.05) is 53.7 Å². The van der Waals surface area contributed by atoms with Gasteiger partial charge >= 0.3 is 0 Å². The molecule has 1 amide bonds. The predicted octanol–water partition coefficient (Wildman–Crippen LogP) is 2.95. The monoisotopic (exact) mass is 363 g/mol. The first-order chi connectivity index (χ1) is 13.2. The highest BCUT2D eigenvalue weighted by atomic mass is 16.2. The number of hydrogen-bond acceptors (Lipinski definition) is 4. The van der Waals surface area contributed by atoms with Crippen LogP contribution in [0.25, 0.3) is 11.0 Å². The van der Waals surface area contributed by atoms with Crippen LogP contribution in [0.3, 0.4) is 0 Å². The molecule has 0 saturated carbocycles. The summed E-state index contributed by atoms with van der Waals surface area (Å²) in [4.78, 5) is 24.4. The van der Waals surface area contributed by atoms with E-state index >= 15 is 0 Å². The van der Waals surface area contributed by atoms with E-state index in [1.54, 1.807) is 0 Å². The molecule has 1 aliphatic heterocycles. The fourth-order valence-corrected chi connectivity index (χ4v) is 3.55. The Morgan fingerprint density at radius 2 is 1.89 bits per heavy atom. The number of aromatic nitrogens is 2. The number of fused-ring (bicyclic) bond motifs is 1. The van der Waals surface area contributed by atoms with Crippen molar-refractivity contribution >= 4 is 22.6 Å². The fraction of sp³-hybridized carbons (Fsp3) is 0.333. The zero-order valence-electron chi connectivity index (χ0n) is 15.6. The van der Waals surface area contributed by atoms with E-state index < -0.39 is 0 Å². The van der Waals surface area contributed by atoms with Crippen LogP contribution < -0.4 is 5.32 Å². The molecule has 140 valence electrons. The molecule has 27 heavy (non-hydrogen) atoms. The van der Waals surface area contributed by atoms with Gasteiger partial charge in [0.1, 0.15) is 5.65 Å². The second-order valence-electron chi connectivity index (χ2n) is 6.87. The number of amides is 1. The average Bonchev–Trinajstić information content (AvgIpc) is 3.22. The maximum atomic E-state index is 12.7. The number of nitrogens with zero attached hydrogens (tertiary/aromatic N) is 3. The smallest absolute Gasteiger partial charge is 0.253 e. The van der Waals surface area contributed by atoms with Crippen LogP contribution in [0.2, 0.25) is 0 Å². The molecule has 2 aromatic heterocycles. The second-order valence-corrected chi connectivity index (χ2v) is 6.87. The van der Waals surface area contributed by atoms with E-state index in [4.69, 9.17) is 0 Å². The summed E-state index contributed by atoms with van der Waals surface area (Å²) in [5.74, 6) is 0.125. The standard InChI is InChI=1S/C21H25N5O/c1-2-25-11-13-26(14-12-25)21(27)16-3-5-18(6-4-16)24-15-17-7-9-22-20-19(17)8-10-23-20/h3-10,24H,2,11-15H2,1H3,(H,22,23). The number of carbonyl (C=O) groups is 1. The molecule has 1 saturated heterocycles. The van der Waals surface area contributed by atoms with Gasteiger partial charge in [0, 0.05) is 61.8 Å². The number of hydrogen-bond donors (Lipinski definition) is 2. The largest absolute Gasteiger partial charge is 0.381 e. The first-order valence-electron chi connectivity index (χ1n) is 9.51. The maximum Gasteiger partial charge on any atom is 0.253 e. The molecular formula is C21H25N5O. The first-order valence-corrected chi connectivity index (χ1v) is 9.51. The van der Waals surface area contributed by atoms with Gasteiger partial charge in [-0.05, 0) is 48.5 Å². The number of carbonyl (C=O) groups excluding carboxylic acids is 1. The maximum absolute atomic E-state index is 12.7. The van der Waals surface area contributed by atoms with Crippen molar-refractivity contribution in [2.24, 2.45) is 0 Å². The molecule has 0 spiro atoms. The van der Waals surface area contributed by atoms with Crippen LogP contribution in [0.1, 0.15) is 22.8 Å². The Balaban J connectivity index is 1.37. The number of likely N-dealkylation sites (N-methyl/N-ethyl adjacent to an activating group) is 1. The molecule has 0 aliphatic carbocycles. The molecule has 3 aromatic rings. The summed E-state index contributed by atoms with van der Waals surface area (Å²) in [6, 6.07) is 11.8. The number of benzene rings is 1. The fourth-order valence-electron chi connectivity index (χ4n) is 3.55. The molecule has 4 rings (SSSR count). The Kier molecular flexibility index (Phi) is 5.07. The Hall–Kier alpha value is -2.86. The summed E-state index contributed by atoms with van der Waals surface area (Å²) in [7, 11) is 0. The van der Waals surface area contributed by atoms with Crippen LogP contribution in [0.4, 0.5) is 5.69 Å². The van der Waals surface area contributed by atoms with Gasteiger partial charge in [-0.3, -0.25) is 4.79 Å². The molecule has 0 atom stereocenters. The highest BCUT2D eigenvalue weighted by Gasteiger charge is 2.21. The number of aromatic amines is 1. The third-order valence-electron chi connectivity index (χ3n) is 5.27. The summed E-state index contributed by atoms with van der Waals surface area (Å²) >= 11 is 0. The lowest BCUT2D eigenvalue weighted by Gasteiger charge is -2.34. The summed E-state index contributed by atoms with van der Waals surface area (Å²) < 4.78 is 0. The van der Waals surface area contributed by atoms with Crippen molar-refractivity contribution in [2.45, 2.75) is 13.5 Å². The van der Waals surface area contributed by atoms with Crippen LogP contribution in [0.5, 0.6) is 0 Å². The minimum atomic E-state index is 0.125. The number of nitrogens with one attached hydrogen (secondary N) is 2. The molecule has 2 N–H and O–H groups in total. The lowest BCUT2D eigenvalue weighted by Crippen LogP contribution is -2.48. The van der Waals surface area contributed by atoms with Crippen molar-refractivity contribution in [2.75, 3.05) is 38.0 Å². The van der Waals surface area contributed by atoms with Crippen molar-refractivity contribution in [1.29, 1.82) is 0 Å². The molecule has 0 bridgehead atoms. The van der Waals surface area contributed by atoms with Crippen molar-refractivity contribution < 1.29 is 4.79 Å². The van der Waals surface area contributed by atoms with Gasteiger partial charge in [-0.15, -0.1) is 0 Å². The number of pyridine rings is 1. The van der Waals surface area contributed by atoms with E-state index in [2.05, 4.69) is 27.1 Å². The number of rotatable bonds is 5. The normalized spacial score (nSPS) is 15.2. The predicted molar refractivity (Wildman–Crippen MR) is 108 cm³/mol. The zero-order chi connectivity index (χ0) is 18.6. The van der Waals surface area contributed by atoms with Gasteiger partial charge in [0.25, 0.3) is 5.91 Å². The molecule has 0 unspecified atom stereocenters. The van der Waals surface area contributed by atoms with Gasteiger partial charge in [-0.2, -0.15) is 0 Å². The van der Waals surface area contributed by atoms with E-state index in [0.29, 0.717) is 6.54 Å².